The molecule has 0 unspecified atom stereocenters. The number of benzene rings is 1. The molecule has 2 aliphatic carbocycles. The normalized spacial score (nSPS) is 25.3. The first-order valence-corrected chi connectivity index (χ1v) is 16.5. The summed E-state index contributed by atoms with van der Waals surface area (Å²) in [4.78, 5) is 48.0. The van der Waals surface area contributed by atoms with Crippen LogP contribution >= 0.6 is 11.3 Å². The Morgan fingerprint density at radius 2 is 1.91 bits per heavy atom. The lowest BCUT2D eigenvalue weighted by Gasteiger charge is -2.49. The third kappa shape index (κ3) is 6.46. The molecule has 2 saturated carbocycles. The van der Waals surface area contributed by atoms with E-state index in [1.54, 1.807) is 24.7 Å². The quantitative estimate of drug-likeness (QED) is 0.296. The predicted octanol–water partition coefficient (Wildman–Crippen LogP) is 4.14. The number of hydrogen-bond donors (Lipinski definition) is 2. The molecule has 3 aliphatic rings. The second kappa shape index (κ2) is 12.9. The van der Waals surface area contributed by atoms with Crippen LogP contribution in [0.3, 0.4) is 0 Å². The number of nitrogens with zero attached hydrogens (tertiary/aromatic N) is 6. The van der Waals surface area contributed by atoms with Crippen LogP contribution in [0.1, 0.15) is 55.3 Å². The van der Waals surface area contributed by atoms with E-state index >= 15 is 0 Å². The highest BCUT2D eigenvalue weighted by molar-refractivity contribution is 7.22. The second-order valence-corrected chi connectivity index (χ2v) is 13.3. The molecule has 7 rings (SSSR count). The largest absolute Gasteiger partial charge is 0.390 e. The van der Waals surface area contributed by atoms with Crippen LogP contribution in [0, 0.1) is 5.92 Å². The third-order valence-corrected chi connectivity index (χ3v) is 10.2. The summed E-state index contributed by atoms with van der Waals surface area (Å²) in [7, 11) is 0. The van der Waals surface area contributed by atoms with Crippen molar-refractivity contribution < 1.29 is 19.4 Å². The molecule has 12 heteroatoms. The van der Waals surface area contributed by atoms with Crippen LogP contribution in [0.25, 0.3) is 21.3 Å². The molecule has 2 amide bonds. The van der Waals surface area contributed by atoms with Gasteiger partial charge in [0.1, 0.15) is 12.3 Å². The number of pyridine rings is 1. The Labute approximate surface area is 265 Å². The topological polar surface area (TPSA) is 134 Å². The van der Waals surface area contributed by atoms with Crippen molar-refractivity contribution in [3.8, 4) is 11.1 Å². The Hall–Kier alpha value is -3.84. The Morgan fingerprint density at radius 1 is 1.07 bits per heavy atom. The first kappa shape index (κ1) is 29.8. The summed E-state index contributed by atoms with van der Waals surface area (Å²) >= 11 is 1.46. The number of aliphatic hydroxyl groups excluding tert-OH is 1. The number of piperazine rings is 1. The van der Waals surface area contributed by atoms with Gasteiger partial charge < -0.3 is 20.1 Å². The van der Waals surface area contributed by atoms with Crippen LogP contribution in [0.5, 0.6) is 0 Å². The molecule has 1 aliphatic heterocycles. The van der Waals surface area contributed by atoms with Crippen LogP contribution in [0.15, 0.2) is 55.0 Å². The molecule has 3 aromatic heterocycles. The van der Waals surface area contributed by atoms with Gasteiger partial charge in [0.05, 0.1) is 22.4 Å². The number of carbonyl (C=O) groups excluding carboxylic acids is 2. The lowest BCUT2D eigenvalue weighted by atomic mass is 9.78. The number of fused-ring (bicyclic) bond motifs is 1. The fourth-order valence-corrected chi connectivity index (χ4v) is 7.56. The third-order valence-electron chi connectivity index (χ3n) is 9.30. The van der Waals surface area contributed by atoms with Gasteiger partial charge in [0.15, 0.2) is 11.0 Å². The van der Waals surface area contributed by atoms with E-state index in [0.29, 0.717) is 35.8 Å². The number of rotatable bonds is 8. The molecule has 1 aromatic carbocycles. The number of nitrogens with one attached hydrogen (secondary N) is 1. The summed E-state index contributed by atoms with van der Waals surface area (Å²) < 4.78 is 6.78. The van der Waals surface area contributed by atoms with Gasteiger partial charge in [-0.05, 0) is 68.9 Å². The fourth-order valence-electron chi connectivity index (χ4n) is 6.65. The lowest BCUT2D eigenvalue weighted by Crippen LogP contribution is -2.60. The van der Waals surface area contributed by atoms with Gasteiger partial charge in [-0.1, -0.05) is 23.5 Å². The Balaban J connectivity index is 0.904. The van der Waals surface area contributed by atoms with E-state index in [1.165, 1.54) is 11.3 Å². The van der Waals surface area contributed by atoms with Crippen LogP contribution in [0.2, 0.25) is 0 Å². The van der Waals surface area contributed by atoms with E-state index < -0.39 is 6.10 Å². The molecule has 11 nitrogen and oxygen atoms in total. The van der Waals surface area contributed by atoms with Crippen molar-refractivity contribution in [2.24, 2.45) is 5.92 Å². The maximum absolute atomic E-state index is 13.1. The molecule has 0 spiro atoms. The number of anilines is 1. The maximum Gasteiger partial charge on any atom is 0.272 e. The van der Waals surface area contributed by atoms with Gasteiger partial charge in [0, 0.05) is 61.8 Å². The van der Waals surface area contributed by atoms with Crippen molar-refractivity contribution >= 4 is 38.5 Å². The van der Waals surface area contributed by atoms with Gasteiger partial charge in [-0.15, -0.1) is 0 Å². The van der Waals surface area contributed by atoms with Gasteiger partial charge in [-0.2, -0.15) is 0 Å². The summed E-state index contributed by atoms with van der Waals surface area (Å²) in [6.45, 7) is 4.55. The van der Waals surface area contributed by atoms with Gasteiger partial charge in [0.25, 0.3) is 5.91 Å². The Morgan fingerprint density at radius 3 is 2.64 bits per heavy atom. The highest BCUT2D eigenvalue weighted by atomic mass is 32.1. The number of aliphatic hydroxyl groups is 1. The van der Waals surface area contributed by atoms with Crippen molar-refractivity contribution in [2.45, 2.75) is 69.9 Å². The van der Waals surface area contributed by atoms with Gasteiger partial charge in [0.2, 0.25) is 5.91 Å². The average molecular weight is 628 g/mol. The Kier molecular flexibility index (Phi) is 8.54. The average Bonchev–Trinajstić information content (AvgIpc) is 3.64. The standard InChI is InChI=1S/C33H37N7O4S/c1-20-18-39(32(43)26-5-2-3-10-34-26)11-12-40(20)24-13-22(14-24)31(42)38-33-37-25-9-8-21(15-29(25)45-33)23-16-35-30(36-17-23)19-44-28-7-4-6-27(28)41/h2-3,5,8-10,15-17,20,22,24,27-28,41H,4,6-7,11-14,18-19H2,1H3,(H,37,38,42)/t20-,22?,24?,27-,28-/m0/s1. The number of hydrogen-bond acceptors (Lipinski definition) is 10. The number of ether oxygens (including phenoxy) is 1. The zero-order chi connectivity index (χ0) is 30.9. The van der Waals surface area contributed by atoms with E-state index in [1.807, 2.05) is 35.2 Å². The van der Waals surface area contributed by atoms with Gasteiger partial charge >= 0.3 is 0 Å². The first-order chi connectivity index (χ1) is 21.9. The number of carbonyl (C=O) groups is 2. The number of aromatic nitrogens is 4. The van der Waals surface area contributed by atoms with Gasteiger partial charge in [-0.25, -0.2) is 15.0 Å². The molecule has 3 atom stereocenters. The monoisotopic (exact) mass is 627 g/mol. The highest BCUT2D eigenvalue weighted by Crippen LogP contribution is 2.36. The molecule has 4 aromatic rings. The molecule has 1 saturated heterocycles. The molecule has 3 fully saturated rings. The minimum absolute atomic E-state index is 0.0125. The van der Waals surface area contributed by atoms with E-state index in [2.05, 4.69) is 37.1 Å². The lowest BCUT2D eigenvalue weighted by molar-refractivity contribution is -0.125. The van der Waals surface area contributed by atoms with Crippen LogP contribution in [-0.4, -0.2) is 90.6 Å². The van der Waals surface area contributed by atoms with Crippen LogP contribution in [0.4, 0.5) is 5.13 Å². The van der Waals surface area contributed by atoms with E-state index in [-0.39, 0.29) is 36.5 Å². The van der Waals surface area contributed by atoms with Crippen molar-refractivity contribution in [3.63, 3.8) is 0 Å². The first-order valence-electron chi connectivity index (χ1n) is 15.7. The number of thiazole rings is 1. The summed E-state index contributed by atoms with van der Waals surface area (Å²) in [5.41, 5.74) is 3.17. The molecule has 0 radical (unpaired) electrons. The minimum atomic E-state index is -0.399. The Bertz CT molecular complexity index is 1660. The number of amides is 2. The molecule has 234 valence electrons. The smallest absolute Gasteiger partial charge is 0.272 e. The molecule has 45 heavy (non-hydrogen) atoms. The molecular weight excluding hydrogens is 590 g/mol. The van der Waals surface area contributed by atoms with Crippen LogP contribution < -0.4 is 5.32 Å². The fraction of sp³-hybridized carbons (Fsp3) is 0.455. The summed E-state index contributed by atoms with van der Waals surface area (Å²) in [5.74, 6) is 0.532. The van der Waals surface area contributed by atoms with Crippen molar-refractivity contribution in [1.29, 1.82) is 0 Å². The maximum atomic E-state index is 13.1. The molecular formula is C33H37N7O4S. The van der Waals surface area contributed by atoms with Gasteiger partial charge in [-0.3, -0.25) is 19.5 Å². The van der Waals surface area contributed by atoms with Crippen LogP contribution in [-0.2, 0) is 16.1 Å². The van der Waals surface area contributed by atoms with E-state index in [0.717, 1.165) is 60.0 Å². The van der Waals surface area contributed by atoms with E-state index in [4.69, 9.17) is 4.74 Å². The van der Waals surface area contributed by atoms with Crippen molar-refractivity contribution in [3.05, 3.63) is 66.5 Å². The minimum Gasteiger partial charge on any atom is -0.390 e. The summed E-state index contributed by atoms with van der Waals surface area (Å²) in [6.07, 6.45) is 8.93. The summed E-state index contributed by atoms with van der Waals surface area (Å²) in [5, 5.41) is 13.6. The predicted molar refractivity (Wildman–Crippen MR) is 171 cm³/mol. The molecule has 4 heterocycles. The second-order valence-electron chi connectivity index (χ2n) is 12.3. The summed E-state index contributed by atoms with van der Waals surface area (Å²) in [6, 6.07) is 12.0. The zero-order valence-corrected chi connectivity index (χ0v) is 26.0. The van der Waals surface area contributed by atoms with E-state index in [9.17, 15) is 14.7 Å². The van der Waals surface area contributed by atoms with Crippen molar-refractivity contribution in [2.75, 3.05) is 25.0 Å². The van der Waals surface area contributed by atoms with Crippen molar-refractivity contribution in [1.82, 2.24) is 29.7 Å². The molecule has 0 bridgehead atoms. The highest BCUT2D eigenvalue weighted by Gasteiger charge is 2.41. The molecule has 2 N–H and O–H groups in total. The SMILES string of the molecule is C[C@H]1CN(C(=O)c2ccccn2)CCN1C1CC(C(=O)Nc2nc3ccc(-c4cnc(CO[C@H]5CCC[C@@H]5O)nc4)cc3s2)C1. The zero-order valence-electron chi connectivity index (χ0n) is 25.2.